The fourth-order valence-electron chi connectivity index (χ4n) is 3.37. The maximum atomic E-state index is 12.9. The lowest BCUT2D eigenvalue weighted by Crippen LogP contribution is -2.39. The summed E-state index contributed by atoms with van der Waals surface area (Å²) >= 11 is 0. The molecule has 0 aromatic heterocycles. The summed E-state index contributed by atoms with van der Waals surface area (Å²) in [4.78, 5) is 40.2. The molecule has 29 heavy (non-hydrogen) atoms. The van der Waals surface area contributed by atoms with Gasteiger partial charge in [0.25, 0.3) is 0 Å². The lowest BCUT2D eigenvalue weighted by molar-refractivity contribution is -0.137. The lowest BCUT2D eigenvalue weighted by Gasteiger charge is -2.21. The van der Waals surface area contributed by atoms with Gasteiger partial charge in [0.1, 0.15) is 5.82 Å². The topological polar surface area (TPSA) is 69.7 Å². The molecule has 1 aliphatic rings. The first-order valence-corrected chi connectivity index (χ1v) is 9.57. The molecule has 0 saturated carbocycles. The van der Waals surface area contributed by atoms with Crippen LogP contribution in [-0.4, -0.2) is 42.8 Å². The van der Waals surface area contributed by atoms with Crippen LogP contribution in [-0.2, 0) is 20.8 Å². The average Bonchev–Trinajstić information content (AvgIpc) is 3.10. The minimum absolute atomic E-state index is 0.100. The van der Waals surface area contributed by atoms with E-state index in [1.807, 2.05) is 24.3 Å². The predicted octanol–water partition coefficient (Wildman–Crippen LogP) is 2.84. The molecule has 1 heterocycles. The standard InChI is InChI=1S/C22H24FN3O3/c1-3-15-4-10-19(11-5-15)26-13-16(12-21(26)28)22(29)25(2)14-20(27)24-18-8-6-17(23)7-9-18/h4-11,16H,3,12-14H2,1-2H3,(H,24,27). The van der Waals surface area contributed by atoms with E-state index >= 15 is 0 Å². The number of aryl methyl sites for hydroxylation is 1. The highest BCUT2D eigenvalue weighted by Crippen LogP contribution is 2.26. The summed E-state index contributed by atoms with van der Waals surface area (Å²) in [6, 6.07) is 13.1. The first kappa shape index (κ1) is 20.5. The highest BCUT2D eigenvalue weighted by molar-refractivity contribution is 6.01. The zero-order chi connectivity index (χ0) is 21.0. The molecule has 0 radical (unpaired) electrons. The van der Waals surface area contributed by atoms with E-state index in [1.54, 1.807) is 4.90 Å². The molecule has 3 amide bonds. The Bertz CT molecular complexity index is 897. The summed E-state index contributed by atoms with van der Waals surface area (Å²) in [5.74, 6) is -1.62. The van der Waals surface area contributed by atoms with Crippen molar-refractivity contribution in [2.75, 3.05) is 30.4 Å². The maximum Gasteiger partial charge on any atom is 0.243 e. The van der Waals surface area contributed by atoms with Gasteiger partial charge in [-0.3, -0.25) is 14.4 Å². The van der Waals surface area contributed by atoms with Gasteiger partial charge in [-0.05, 0) is 48.4 Å². The molecule has 1 aliphatic heterocycles. The molecule has 1 atom stereocenters. The van der Waals surface area contributed by atoms with Crippen molar-refractivity contribution in [3.8, 4) is 0 Å². The summed E-state index contributed by atoms with van der Waals surface area (Å²) in [7, 11) is 1.54. The van der Waals surface area contributed by atoms with Gasteiger partial charge in [0, 0.05) is 31.4 Å². The minimum atomic E-state index is -0.489. The van der Waals surface area contributed by atoms with Crippen LogP contribution in [0.4, 0.5) is 15.8 Å². The summed E-state index contributed by atoms with van der Waals surface area (Å²) < 4.78 is 12.9. The van der Waals surface area contributed by atoms with Crippen LogP contribution >= 0.6 is 0 Å². The Morgan fingerprint density at radius 1 is 1.14 bits per heavy atom. The van der Waals surface area contributed by atoms with Gasteiger partial charge in [0.2, 0.25) is 17.7 Å². The third-order valence-electron chi connectivity index (χ3n) is 5.02. The number of benzene rings is 2. The highest BCUT2D eigenvalue weighted by Gasteiger charge is 2.36. The van der Waals surface area contributed by atoms with E-state index in [2.05, 4.69) is 12.2 Å². The van der Waals surface area contributed by atoms with Gasteiger partial charge in [0.15, 0.2) is 0 Å². The molecule has 3 rings (SSSR count). The van der Waals surface area contributed by atoms with Crippen molar-refractivity contribution in [3.63, 3.8) is 0 Å². The molecule has 2 aromatic rings. The maximum absolute atomic E-state index is 12.9. The van der Waals surface area contributed by atoms with Crippen molar-refractivity contribution in [1.82, 2.24) is 4.90 Å². The monoisotopic (exact) mass is 397 g/mol. The zero-order valence-electron chi connectivity index (χ0n) is 16.5. The van der Waals surface area contributed by atoms with Crippen LogP contribution in [0.1, 0.15) is 18.9 Å². The second kappa shape index (κ2) is 8.86. The number of amides is 3. The van der Waals surface area contributed by atoms with Crippen LogP contribution in [0.15, 0.2) is 48.5 Å². The smallest absolute Gasteiger partial charge is 0.243 e. The molecule has 0 aliphatic carbocycles. The summed E-state index contributed by atoms with van der Waals surface area (Å²) in [6.45, 7) is 2.21. The molecule has 152 valence electrons. The van der Waals surface area contributed by atoms with Gasteiger partial charge in [-0.25, -0.2) is 4.39 Å². The molecule has 0 bridgehead atoms. The van der Waals surface area contributed by atoms with Gasteiger partial charge in [-0.2, -0.15) is 0 Å². The van der Waals surface area contributed by atoms with Gasteiger partial charge in [-0.1, -0.05) is 19.1 Å². The van der Waals surface area contributed by atoms with Crippen LogP contribution in [0.2, 0.25) is 0 Å². The van der Waals surface area contributed by atoms with E-state index < -0.39 is 11.7 Å². The third-order valence-corrected chi connectivity index (χ3v) is 5.02. The van der Waals surface area contributed by atoms with Gasteiger partial charge < -0.3 is 15.1 Å². The van der Waals surface area contributed by atoms with Crippen LogP contribution in [0.25, 0.3) is 0 Å². The van der Waals surface area contributed by atoms with E-state index in [-0.39, 0.29) is 30.7 Å². The lowest BCUT2D eigenvalue weighted by atomic mass is 10.1. The molecule has 1 saturated heterocycles. The van der Waals surface area contributed by atoms with Crippen molar-refractivity contribution < 1.29 is 18.8 Å². The van der Waals surface area contributed by atoms with Gasteiger partial charge in [0.05, 0.1) is 12.5 Å². The van der Waals surface area contributed by atoms with Crippen LogP contribution in [0.5, 0.6) is 0 Å². The molecular formula is C22H24FN3O3. The second-order valence-corrected chi connectivity index (χ2v) is 7.17. The first-order chi connectivity index (χ1) is 13.9. The minimum Gasteiger partial charge on any atom is -0.336 e. The second-order valence-electron chi connectivity index (χ2n) is 7.17. The number of carbonyl (C=O) groups excluding carboxylic acids is 3. The Morgan fingerprint density at radius 3 is 2.41 bits per heavy atom. The molecule has 2 aromatic carbocycles. The van der Waals surface area contributed by atoms with Crippen LogP contribution in [0.3, 0.4) is 0 Å². The van der Waals surface area contributed by atoms with E-state index in [9.17, 15) is 18.8 Å². The number of halogens is 1. The Kier molecular flexibility index (Phi) is 6.26. The van der Waals surface area contributed by atoms with E-state index in [0.29, 0.717) is 12.2 Å². The molecule has 1 fully saturated rings. The third kappa shape index (κ3) is 4.99. The van der Waals surface area contributed by atoms with Crippen molar-refractivity contribution in [3.05, 3.63) is 59.9 Å². The van der Waals surface area contributed by atoms with Crippen LogP contribution < -0.4 is 10.2 Å². The number of carbonyl (C=O) groups is 3. The average molecular weight is 397 g/mol. The fraction of sp³-hybridized carbons (Fsp3) is 0.318. The van der Waals surface area contributed by atoms with Gasteiger partial charge in [-0.15, -0.1) is 0 Å². The quantitative estimate of drug-likeness (QED) is 0.815. The molecule has 1 N–H and O–H groups in total. The number of likely N-dealkylation sites (N-methyl/N-ethyl adjacent to an activating group) is 1. The SMILES string of the molecule is CCc1ccc(N2CC(C(=O)N(C)CC(=O)Nc3ccc(F)cc3)CC2=O)cc1. The molecule has 7 heteroatoms. The summed E-state index contributed by atoms with van der Waals surface area (Å²) in [5, 5.41) is 2.62. The molecule has 1 unspecified atom stereocenters. The molecular weight excluding hydrogens is 373 g/mol. The number of hydrogen-bond donors (Lipinski definition) is 1. The van der Waals surface area contributed by atoms with Crippen molar-refractivity contribution >= 4 is 29.1 Å². The van der Waals surface area contributed by atoms with E-state index in [0.717, 1.165) is 12.1 Å². The fourth-order valence-corrected chi connectivity index (χ4v) is 3.37. The Hall–Kier alpha value is -3.22. The van der Waals surface area contributed by atoms with E-state index in [4.69, 9.17) is 0 Å². The predicted molar refractivity (Wildman–Crippen MR) is 109 cm³/mol. The number of rotatable bonds is 6. The first-order valence-electron chi connectivity index (χ1n) is 9.57. The summed E-state index contributed by atoms with van der Waals surface area (Å²) in [6.07, 6.45) is 1.04. The van der Waals surface area contributed by atoms with Crippen molar-refractivity contribution in [2.45, 2.75) is 19.8 Å². The normalized spacial score (nSPS) is 16.0. The summed E-state index contributed by atoms with van der Waals surface area (Å²) in [5.41, 5.74) is 2.41. The number of anilines is 2. The van der Waals surface area contributed by atoms with Crippen molar-refractivity contribution in [2.24, 2.45) is 5.92 Å². The Labute approximate surface area is 169 Å². The van der Waals surface area contributed by atoms with Crippen LogP contribution in [0, 0.1) is 11.7 Å². The zero-order valence-corrected chi connectivity index (χ0v) is 16.5. The largest absolute Gasteiger partial charge is 0.336 e. The number of hydrogen-bond acceptors (Lipinski definition) is 3. The highest BCUT2D eigenvalue weighted by atomic mass is 19.1. The van der Waals surface area contributed by atoms with Crippen molar-refractivity contribution in [1.29, 1.82) is 0 Å². The van der Waals surface area contributed by atoms with Gasteiger partial charge >= 0.3 is 0 Å². The molecule has 0 spiro atoms. The molecule has 6 nitrogen and oxygen atoms in total. The Morgan fingerprint density at radius 2 is 1.79 bits per heavy atom. The Balaban J connectivity index is 1.57. The van der Waals surface area contributed by atoms with E-state index in [1.165, 1.54) is 41.8 Å². The number of nitrogens with zero attached hydrogens (tertiary/aromatic N) is 2. The number of nitrogens with one attached hydrogen (secondary N) is 1.